The van der Waals surface area contributed by atoms with E-state index < -0.39 is 5.76 Å². The van der Waals surface area contributed by atoms with Crippen molar-refractivity contribution in [3.05, 3.63) is 54.3 Å². The maximum Gasteiger partial charge on any atom is 0.288 e. The molecule has 0 spiro atoms. The molecule has 1 saturated heterocycles. The average molecular weight is 453 g/mol. The Labute approximate surface area is 182 Å². The molecule has 31 heavy (non-hydrogen) atoms. The van der Waals surface area contributed by atoms with Crippen molar-refractivity contribution in [3.8, 4) is 0 Å². The van der Waals surface area contributed by atoms with Gasteiger partial charge in [0.15, 0.2) is 0 Å². The molecule has 1 aliphatic rings. The lowest BCUT2D eigenvalue weighted by molar-refractivity contribution is -0.120. The molecule has 0 atom stereocenters. The Morgan fingerprint density at radius 1 is 0.806 bits per heavy atom. The largest absolute Gasteiger partial charge is 0.325 e. The summed E-state index contributed by atoms with van der Waals surface area (Å²) in [5, 5.41) is 5.50. The third-order valence-electron chi connectivity index (χ3n) is 4.69. The first kappa shape index (κ1) is 23.1. The minimum absolute atomic E-state index is 0.175. The van der Waals surface area contributed by atoms with E-state index in [1.54, 1.807) is 24.3 Å². The molecular weight excluding hydrogens is 429 g/mol. The van der Waals surface area contributed by atoms with Crippen molar-refractivity contribution >= 4 is 35.0 Å². The molecule has 3 rings (SSSR count). The molecule has 1 heterocycles. The normalized spacial score (nSPS) is 15.1. The van der Waals surface area contributed by atoms with Gasteiger partial charge in [-0.3, -0.25) is 19.4 Å². The Hall–Kier alpha value is -2.56. The van der Waals surface area contributed by atoms with Gasteiger partial charge in [-0.25, -0.2) is 4.39 Å². The van der Waals surface area contributed by atoms with E-state index in [1.165, 1.54) is 24.3 Å². The summed E-state index contributed by atoms with van der Waals surface area (Å²) in [4.78, 5) is 28.8. The predicted molar refractivity (Wildman–Crippen MR) is 115 cm³/mol. The number of carbonyl (C=O) groups is 2. The summed E-state index contributed by atoms with van der Waals surface area (Å²) in [6.07, 6.45) is 0. The van der Waals surface area contributed by atoms with Gasteiger partial charge in [-0.05, 0) is 48.5 Å². The number of benzene rings is 2. The van der Waals surface area contributed by atoms with E-state index in [9.17, 15) is 22.8 Å². The summed E-state index contributed by atoms with van der Waals surface area (Å²) in [5.74, 6) is -3.20. The first-order chi connectivity index (χ1) is 14.9. The fourth-order valence-electron chi connectivity index (χ4n) is 3.17. The molecule has 1 fully saturated rings. The van der Waals surface area contributed by atoms with Gasteiger partial charge in [-0.1, -0.05) is 11.8 Å². The first-order valence-electron chi connectivity index (χ1n) is 9.72. The van der Waals surface area contributed by atoms with Crippen molar-refractivity contribution in [1.82, 2.24) is 9.80 Å². The van der Waals surface area contributed by atoms with Crippen molar-refractivity contribution < 1.29 is 22.8 Å². The second kappa shape index (κ2) is 11.2. The van der Waals surface area contributed by atoms with Crippen LogP contribution >= 0.6 is 11.8 Å². The van der Waals surface area contributed by atoms with Crippen LogP contribution in [0.25, 0.3) is 0 Å². The fraction of sp³-hybridized carbons (Fsp3) is 0.333. The molecule has 2 N–H and O–H groups in total. The highest BCUT2D eigenvalue weighted by atomic mass is 32.2. The van der Waals surface area contributed by atoms with Gasteiger partial charge in [0.2, 0.25) is 11.8 Å². The van der Waals surface area contributed by atoms with E-state index in [2.05, 4.69) is 10.6 Å². The highest BCUT2D eigenvalue weighted by molar-refractivity contribution is 7.99. The van der Waals surface area contributed by atoms with Crippen LogP contribution in [0.5, 0.6) is 0 Å². The van der Waals surface area contributed by atoms with E-state index in [0.717, 1.165) is 0 Å². The van der Waals surface area contributed by atoms with Gasteiger partial charge in [-0.15, -0.1) is 0 Å². The van der Waals surface area contributed by atoms with E-state index in [4.69, 9.17) is 0 Å². The molecule has 10 heteroatoms. The fourth-order valence-corrected chi connectivity index (χ4v) is 3.66. The summed E-state index contributed by atoms with van der Waals surface area (Å²) in [5.41, 5.74) is 1.10. The number of hydrogen-bond donors (Lipinski definition) is 2. The van der Waals surface area contributed by atoms with Crippen molar-refractivity contribution in [2.75, 3.05) is 49.9 Å². The van der Waals surface area contributed by atoms with Crippen LogP contribution in [-0.4, -0.2) is 66.6 Å². The SMILES string of the molecule is O=C(CN1CCN(CC(=O)Nc2ccc(SC(F)F)cc2)CC1)Nc1ccc(F)cc1. The zero-order valence-corrected chi connectivity index (χ0v) is 17.5. The Balaban J connectivity index is 1.37. The Kier molecular flexibility index (Phi) is 8.33. The second-order valence-corrected chi connectivity index (χ2v) is 8.12. The van der Waals surface area contributed by atoms with Gasteiger partial charge in [-0.2, -0.15) is 8.78 Å². The molecule has 0 unspecified atom stereocenters. The van der Waals surface area contributed by atoms with E-state index >= 15 is 0 Å². The lowest BCUT2D eigenvalue weighted by Crippen LogP contribution is -2.50. The number of nitrogens with one attached hydrogen (secondary N) is 2. The quantitative estimate of drug-likeness (QED) is 0.602. The van der Waals surface area contributed by atoms with Crippen LogP contribution < -0.4 is 10.6 Å². The van der Waals surface area contributed by atoms with Gasteiger partial charge in [0, 0.05) is 42.4 Å². The lowest BCUT2D eigenvalue weighted by Gasteiger charge is -2.33. The third-order valence-corrected chi connectivity index (χ3v) is 5.41. The molecule has 1 aliphatic heterocycles. The molecule has 0 aliphatic carbocycles. The second-order valence-electron chi connectivity index (χ2n) is 7.06. The number of halogens is 3. The van der Waals surface area contributed by atoms with Gasteiger partial charge >= 0.3 is 0 Å². The maximum absolute atomic E-state index is 12.9. The van der Waals surface area contributed by atoms with E-state index in [-0.39, 0.29) is 30.7 Å². The molecule has 0 saturated carbocycles. The minimum atomic E-state index is -2.48. The van der Waals surface area contributed by atoms with Crippen molar-refractivity contribution in [2.45, 2.75) is 10.7 Å². The van der Waals surface area contributed by atoms with Crippen LogP contribution in [0.15, 0.2) is 53.4 Å². The zero-order valence-electron chi connectivity index (χ0n) is 16.7. The standard InChI is InChI=1S/C21H23F3N4O2S/c22-15-1-3-16(4-2-15)25-19(29)13-27-9-11-28(12-10-27)14-20(30)26-17-5-7-18(8-6-17)31-21(23)24/h1-8,21H,9-14H2,(H,25,29)(H,26,30). The van der Waals surface area contributed by atoms with Crippen LogP contribution in [0.4, 0.5) is 24.5 Å². The number of alkyl halides is 2. The van der Waals surface area contributed by atoms with Gasteiger partial charge in [0.05, 0.1) is 13.1 Å². The predicted octanol–water partition coefficient (Wildman–Crippen LogP) is 3.34. The molecular formula is C21H23F3N4O2S. The molecule has 0 aromatic heterocycles. The summed E-state index contributed by atoms with van der Waals surface area (Å²) < 4.78 is 37.6. The summed E-state index contributed by atoms with van der Waals surface area (Å²) in [6, 6.07) is 11.9. The number of anilines is 2. The van der Waals surface area contributed by atoms with Crippen LogP contribution in [0.3, 0.4) is 0 Å². The molecule has 6 nitrogen and oxygen atoms in total. The number of carbonyl (C=O) groups excluding carboxylic acids is 2. The Morgan fingerprint density at radius 3 is 1.65 bits per heavy atom. The molecule has 0 bridgehead atoms. The summed E-state index contributed by atoms with van der Waals surface area (Å²) in [6.45, 7) is 3.00. The molecule has 0 radical (unpaired) electrons. The highest BCUT2D eigenvalue weighted by Crippen LogP contribution is 2.26. The topological polar surface area (TPSA) is 64.7 Å². The van der Waals surface area contributed by atoms with Gasteiger partial charge in [0.25, 0.3) is 5.76 Å². The number of piperazine rings is 1. The van der Waals surface area contributed by atoms with Crippen LogP contribution in [0.2, 0.25) is 0 Å². The Morgan fingerprint density at radius 2 is 1.23 bits per heavy atom. The number of amides is 2. The van der Waals surface area contributed by atoms with Crippen LogP contribution in [-0.2, 0) is 9.59 Å². The van der Waals surface area contributed by atoms with Crippen molar-refractivity contribution in [3.63, 3.8) is 0 Å². The number of nitrogens with zero attached hydrogens (tertiary/aromatic N) is 2. The smallest absolute Gasteiger partial charge is 0.288 e. The number of hydrogen-bond acceptors (Lipinski definition) is 5. The summed E-state index contributed by atoms with van der Waals surface area (Å²) in [7, 11) is 0. The highest BCUT2D eigenvalue weighted by Gasteiger charge is 2.20. The van der Waals surface area contributed by atoms with Gasteiger partial charge < -0.3 is 10.6 Å². The summed E-state index contributed by atoms with van der Waals surface area (Å²) >= 11 is 0.457. The minimum Gasteiger partial charge on any atom is -0.325 e. The van der Waals surface area contributed by atoms with E-state index in [1.807, 2.05) is 9.80 Å². The van der Waals surface area contributed by atoms with Crippen LogP contribution in [0, 0.1) is 5.82 Å². The first-order valence-corrected chi connectivity index (χ1v) is 10.6. The number of thioether (sulfide) groups is 1. The van der Waals surface area contributed by atoms with E-state index in [0.29, 0.717) is 54.2 Å². The third kappa shape index (κ3) is 7.89. The number of rotatable bonds is 8. The molecule has 2 amide bonds. The monoisotopic (exact) mass is 452 g/mol. The maximum atomic E-state index is 12.9. The average Bonchev–Trinajstić information content (AvgIpc) is 2.72. The van der Waals surface area contributed by atoms with Crippen molar-refractivity contribution in [2.24, 2.45) is 0 Å². The van der Waals surface area contributed by atoms with Gasteiger partial charge in [0.1, 0.15) is 5.82 Å². The molecule has 166 valence electrons. The Bertz CT molecular complexity index is 873. The zero-order chi connectivity index (χ0) is 22.2. The molecule has 2 aromatic carbocycles. The van der Waals surface area contributed by atoms with Crippen LogP contribution in [0.1, 0.15) is 0 Å². The molecule has 2 aromatic rings. The lowest BCUT2D eigenvalue weighted by atomic mass is 10.2. The van der Waals surface area contributed by atoms with Crippen molar-refractivity contribution in [1.29, 1.82) is 0 Å².